The number of hydrazine groups is 1. The summed E-state index contributed by atoms with van der Waals surface area (Å²) in [6.07, 6.45) is 0.856. The van der Waals surface area contributed by atoms with Gasteiger partial charge in [0.2, 0.25) is 5.91 Å². The minimum Gasteiger partial charge on any atom is -0.333 e. The molecule has 1 heterocycles. The zero-order valence-electron chi connectivity index (χ0n) is 13.0. The lowest BCUT2D eigenvalue weighted by Crippen LogP contribution is -2.55. The summed E-state index contributed by atoms with van der Waals surface area (Å²) in [6.45, 7) is 1.82. The van der Waals surface area contributed by atoms with Crippen molar-refractivity contribution in [2.45, 2.75) is 19.0 Å². The topological polar surface area (TPSA) is 70.4 Å². The van der Waals surface area contributed by atoms with Gasteiger partial charge in [0.25, 0.3) is 0 Å². The van der Waals surface area contributed by atoms with E-state index in [9.17, 15) is 4.79 Å². The molecule has 0 radical (unpaired) electrons. The molecule has 1 fully saturated rings. The highest BCUT2D eigenvalue weighted by molar-refractivity contribution is 5.79. The Morgan fingerprint density at radius 3 is 2.70 bits per heavy atom. The number of piperazine rings is 1. The van der Waals surface area contributed by atoms with Gasteiger partial charge >= 0.3 is 0 Å². The summed E-state index contributed by atoms with van der Waals surface area (Å²) in [5.74, 6) is 5.61. The molecule has 5 heteroatoms. The molecular formula is C18H22N4O. The lowest BCUT2D eigenvalue weighted by atomic mass is 10.0. The van der Waals surface area contributed by atoms with Crippen LogP contribution < -0.4 is 16.6 Å². The lowest BCUT2D eigenvalue weighted by molar-refractivity contribution is -0.135. The van der Waals surface area contributed by atoms with Crippen molar-refractivity contribution in [2.24, 2.45) is 5.84 Å². The zero-order chi connectivity index (χ0) is 16.1. The molecule has 1 atom stereocenters. The van der Waals surface area contributed by atoms with Gasteiger partial charge in [-0.05, 0) is 29.7 Å². The van der Waals surface area contributed by atoms with Gasteiger partial charge in [0.15, 0.2) is 0 Å². The Bertz CT molecular complexity index is 659. The largest absolute Gasteiger partial charge is 0.333 e. The molecule has 1 aliphatic rings. The molecule has 1 saturated heterocycles. The van der Waals surface area contributed by atoms with Crippen molar-refractivity contribution in [3.8, 4) is 0 Å². The number of nitrogens with zero attached hydrogens (tertiary/aromatic N) is 1. The van der Waals surface area contributed by atoms with Gasteiger partial charge in [-0.15, -0.1) is 0 Å². The number of nitrogens with one attached hydrogen (secondary N) is 2. The molecule has 1 aliphatic heterocycles. The summed E-state index contributed by atoms with van der Waals surface area (Å²) in [7, 11) is 0. The van der Waals surface area contributed by atoms with Crippen LogP contribution in [0, 0.1) is 0 Å². The highest BCUT2D eigenvalue weighted by atomic mass is 16.2. The standard InChI is InChI=1S/C18H22N4O/c19-21-16-8-4-7-15(9-16)13-22-17(11-20-12-18(22)23)10-14-5-2-1-3-6-14/h1-9,17,20-21H,10-13,19H2/t17-/m0/s1. The number of rotatable bonds is 5. The fourth-order valence-corrected chi connectivity index (χ4v) is 3.00. The van der Waals surface area contributed by atoms with Crippen LogP contribution >= 0.6 is 0 Å². The summed E-state index contributed by atoms with van der Waals surface area (Å²) in [4.78, 5) is 14.3. The highest BCUT2D eigenvalue weighted by Gasteiger charge is 2.27. The smallest absolute Gasteiger partial charge is 0.237 e. The second-order valence-electron chi connectivity index (χ2n) is 5.84. The molecule has 120 valence electrons. The van der Waals surface area contributed by atoms with E-state index in [-0.39, 0.29) is 11.9 Å². The molecule has 2 aromatic rings. The Balaban J connectivity index is 1.76. The van der Waals surface area contributed by atoms with Gasteiger partial charge in [-0.2, -0.15) is 0 Å². The molecule has 4 N–H and O–H groups in total. The Hall–Kier alpha value is -2.37. The minimum atomic E-state index is 0.142. The number of carbonyl (C=O) groups is 1. The predicted octanol–water partition coefficient (Wildman–Crippen LogP) is 1.52. The van der Waals surface area contributed by atoms with Gasteiger partial charge in [0.1, 0.15) is 0 Å². The van der Waals surface area contributed by atoms with Crippen molar-refractivity contribution in [3.63, 3.8) is 0 Å². The molecular weight excluding hydrogens is 288 g/mol. The van der Waals surface area contributed by atoms with Gasteiger partial charge in [-0.1, -0.05) is 42.5 Å². The van der Waals surface area contributed by atoms with Gasteiger partial charge < -0.3 is 15.6 Å². The second-order valence-corrected chi connectivity index (χ2v) is 5.84. The van der Waals surface area contributed by atoms with Crippen molar-refractivity contribution in [2.75, 3.05) is 18.5 Å². The molecule has 3 rings (SSSR count). The molecule has 0 bridgehead atoms. The molecule has 1 amide bonds. The molecule has 0 unspecified atom stereocenters. The Morgan fingerprint density at radius 2 is 1.91 bits per heavy atom. The monoisotopic (exact) mass is 310 g/mol. The SMILES string of the molecule is NNc1cccc(CN2C(=O)CNC[C@@H]2Cc2ccccc2)c1. The zero-order valence-corrected chi connectivity index (χ0v) is 13.0. The van der Waals surface area contributed by atoms with E-state index < -0.39 is 0 Å². The average molecular weight is 310 g/mol. The first-order chi connectivity index (χ1) is 11.3. The number of amides is 1. The third-order valence-corrected chi connectivity index (χ3v) is 4.18. The molecule has 0 aliphatic carbocycles. The fourth-order valence-electron chi connectivity index (χ4n) is 3.00. The second kappa shape index (κ2) is 7.26. The van der Waals surface area contributed by atoms with Crippen LogP contribution in [-0.4, -0.2) is 29.9 Å². The number of anilines is 1. The number of nitrogens with two attached hydrogens (primary N) is 1. The molecule has 5 nitrogen and oxygen atoms in total. The maximum absolute atomic E-state index is 12.4. The van der Waals surface area contributed by atoms with E-state index in [2.05, 4.69) is 22.9 Å². The summed E-state index contributed by atoms with van der Waals surface area (Å²) in [6, 6.07) is 18.3. The van der Waals surface area contributed by atoms with E-state index in [4.69, 9.17) is 5.84 Å². The Labute approximate surface area is 136 Å². The van der Waals surface area contributed by atoms with Crippen molar-refractivity contribution in [1.82, 2.24) is 10.2 Å². The van der Waals surface area contributed by atoms with E-state index in [0.717, 1.165) is 24.2 Å². The van der Waals surface area contributed by atoms with Gasteiger partial charge in [-0.25, -0.2) is 0 Å². The molecule has 0 saturated carbocycles. The van der Waals surface area contributed by atoms with E-state index >= 15 is 0 Å². The van der Waals surface area contributed by atoms with Gasteiger partial charge in [0.05, 0.1) is 6.54 Å². The van der Waals surface area contributed by atoms with Crippen LogP contribution in [-0.2, 0) is 17.8 Å². The first-order valence-electron chi connectivity index (χ1n) is 7.86. The number of hydrogen-bond donors (Lipinski definition) is 3. The van der Waals surface area contributed by atoms with Gasteiger partial charge in [-0.3, -0.25) is 10.6 Å². The Morgan fingerprint density at radius 1 is 1.13 bits per heavy atom. The van der Waals surface area contributed by atoms with Crippen LogP contribution in [0.3, 0.4) is 0 Å². The van der Waals surface area contributed by atoms with Crippen LogP contribution in [0.1, 0.15) is 11.1 Å². The van der Waals surface area contributed by atoms with Crippen molar-refractivity contribution >= 4 is 11.6 Å². The number of hydrogen-bond acceptors (Lipinski definition) is 4. The maximum Gasteiger partial charge on any atom is 0.237 e. The van der Waals surface area contributed by atoms with Crippen molar-refractivity contribution in [1.29, 1.82) is 0 Å². The highest BCUT2D eigenvalue weighted by Crippen LogP contribution is 2.17. The number of benzene rings is 2. The molecule has 2 aromatic carbocycles. The van der Waals surface area contributed by atoms with Crippen LogP contribution in [0.25, 0.3) is 0 Å². The van der Waals surface area contributed by atoms with Crippen LogP contribution in [0.15, 0.2) is 54.6 Å². The summed E-state index contributed by atoms with van der Waals surface area (Å²) < 4.78 is 0. The van der Waals surface area contributed by atoms with E-state index in [0.29, 0.717) is 13.1 Å². The summed E-state index contributed by atoms with van der Waals surface area (Å²) in [5, 5.41) is 3.22. The summed E-state index contributed by atoms with van der Waals surface area (Å²) in [5.41, 5.74) is 5.83. The van der Waals surface area contributed by atoms with Crippen molar-refractivity contribution < 1.29 is 4.79 Å². The first kappa shape index (κ1) is 15.5. The van der Waals surface area contributed by atoms with E-state index in [1.165, 1.54) is 5.56 Å². The predicted molar refractivity (Wildman–Crippen MR) is 91.6 cm³/mol. The maximum atomic E-state index is 12.4. The Kier molecular flexibility index (Phi) is 4.90. The summed E-state index contributed by atoms with van der Waals surface area (Å²) >= 11 is 0. The van der Waals surface area contributed by atoms with E-state index in [1.54, 1.807) is 0 Å². The minimum absolute atomic E-state index is 0.142. The first-order valence-corrected chi connectivity index (χ1v) is 7.86. The third kappa shape index (κ3) is 3.88. The normalized spacial score (nSPS) is 18.0. The number of nitrogen functional groups attached to an aromatic ring is 1. The third-order valence-electron chi connectivity index (χ3n) is 4.18. The molecule has 0 aromatic heterocycles. The van der Waals surface area contributed by atoms with Crippen LogP contribution in [0.4, 0.5) is 5.69 Å². The van der Waals surface area contributed by atoms with Crippen LogP contribution in [0.2, 0.25) is 0 Å². The average Bonchev–Trinajstić information content (AvgIpc) is 2.59. The fraction of sp³-hybridized carbons (Fsp3) is 0.278. The molecule has 23 heavy (non-hydrogen) atoms. The lowest BCUT2D eigenvalue weighted by Gasteiger charge is -2.36. The molecule has 0 spiro atoms. The quantitative estimate of drug-likeness (QED) is 0.578. The van der Waals surface area contributed by atoms with E-state index in [1.807, 2.05) is 47.4 Å². The van der Waals surface area contributed by atoms with Crippen LogP contribution in [0.5, 0.6) is 0 Å². The van der Waals surface area contributed by atoms with Gasteiger partial charge in [0, 0.05) is 24.8 Å². The van der Waals surface area contributed by atoms with Crippen molar-refractivity contribution in [3.05, 3.63) is 65.7 Å². The number of carbonyl (C=O) groups excluding carboxylic acids is 1.